The molecule has 2 N–H and O–H groups in total. The molecule has 0 aliphatic rings. The third-order valence-corrected chi connectivity index (χ3v) is 2.55. The molecule has 0 aromatic heterocycles. The topological polar surface area (TPSA) is 43.7 Å². The summed E-state index contributed by atoms with van der Waals surface area (Å²) in [6, 6.07) is 4.67. The standard InChI is InChI=1S/C12H18FNO2/c1-3-14(6-7-15)12-5-4-10(9(2)16)8-11(12)13/h4-5,8-9,15-16H,3,6-7H2,1-2H3/t9-/m1/s1. The lowest BCUT2D eigenvalue weighted by Crippen LogP contribution is -2.27. The maximum Gasteiger partial charge on any atom is 0.146 e. The Kier molecular flexibility index (Phi) is 4.71. The summed E-state index contributed by atoms with van der Waals surface area (Å²) in [5.41, 5.74) is 1.02. The van der Waals surface area contributed by atoms with E-state index in [1.807, 2.05) is 6.92 Å². The highest BCUT2D eigenvalue weighted by Crippen LogP contribution is 2.23. The first kappa shape index (κ1) is 12.9. The van der Waals surface area contributed by atoms with Crippen molar-refractivity contribution in [3.63, 3.8) is 0 Å². The van der Waals surface area contributed by atoms with Gasteiger partial charge in [0.15, 0.2) is 0 Å². The predicted molar refractivity (Wildman–Crippen MR) is 62.0 cm³/mol. The van der Waals surface area contributed by atoms with Crippen LogP contribution in [0.3, 0.4) is 0 Å². The van der Waals surface area contributed by atoms with Crippen LogP contribution in [0.25, 0.3) is 0 Å². The molecule has 0 aliphatic heterocycles. The highest BCUT2D eigenvalue weighted by atomic mass is 19.1. The fraction of sp³-hybridized carbons (Fsp3) is 0.500. The molecule has 0 unspecified atom stereocenters. The lowest BCUT2D eigenvalue weighted by molar-refractivity contribution is 0.199. The van der Waals surface area contributed by atoms with E-state index in [0.29, 0.717) is 24.3 Å². The average Bonchev–Trinajstić information content (AvgIpc) is 2.26. The number of nitrogens with zero attached hydrogens (tertiary/aromatic N) is 1. The first-order valence-electron chi connectivity index (χ1n) is 5.43. The molecular weight excluding hydrogens is 209 g/mol. The second-order valence-corrected chi connectivity index (χ2v) is 3.69. The quantitative estimate of drug-likeness (QED) is 0.804. The molecule has 0 fully saturated rings. The van der Waals surface area contributed by atoms with Gasteiger partial charge in [0.2, 0.25) is 0 Å². The average molecular weight is 227 g/mol. The van der Waals surface area contributed by atoms with Crippen molar-refractivity contribution in [2.45, 2.75) is 20.0 Å². The van der Waals surface area contributed by atoms with Crippen molar-refractivity contribution in [1.82, 2.24) is 0 Å². The smallest absolute Gasteiger partial charge is 0.146 e. The molecule has 3 nitrogen and oxygen atoms in total. The normalized spacial score (nSPS) is 12.6. The van der Waals surface area contributed by atoms with E-state index in [2.05, 4.69) is 0 Å². The van der Waals surface area contributed by atoms with Gasteiger partial charge in [-0.3, -0.25) is 0 Å². The zero-order valence-electron chi connectivity index (χ0n) is 9.65. The molecule has 1 aromatic rings. The van der Waals surface area contributed by atoms with Gasteiger partial charge in [0.05, 0.1) is 18.4 Å². The minimum atomic E-state index is -0.670. The Morgan fingerprint density at radius 2 is 2.12 bits per heavy atom. The summed E-state index contributed by atoms with van der Waals surface area (Å²) in [6.07, 6.45) is -0.670. The number of aliphatic hydroxyl groups is 2. The van der Waals surface area contributed by atoms with Crippen LogP contribution >= 0.6 is 0 Å². The van der Waals surface area contributed by atoms with Crippen molar-refractivity contribution in [3.8, 4) is 0 Å². The Bertz CT molecular complexity index is 342. The van der Waals surface area contributed by atoms with Gasteiger partial charge in [-0.05, 0) is 31.5 Å². The Morgan fingerprint density at radius 3 is 2.56 bits per heavy atom. The van der Waals surface area contributed by atoms with Gasteiger partial charge in [0.1, 0.15) is 5.82 Å². The summed E-state index contributed by atoms with van der Waals surface area (Å²) < 4.78 is 13.7. The maximum atomic E-state index is 13.7. The third kappa shape index (κ3) is 2.93. The number of aliphatic hydroxyl groups excluding tert-OH is 2. The molecule has 1 rings (SSSR count). The lowest BCUT2D eigenvalue weighted by Gasteiger charge is -2.23. The first-order valence-corrected chi connectivity index (χ1v) is 5.43. The number of anilines is 1. The number of rotatable bonds is 5. The van der Waals surface area contributed by atoms with Gasteiger partial charge in [0, 0.05) is 13.1 Å². The van der Waals surface area contributed by atoms with Gasteiger partial charge >= 0.3 is 0 Å². The van der Waals surface area contributed by atoms with E-state index >= 15 is 0 Å². The number of halogens is 1. The van der Waals surface area contributed by atoms with Crippen LogP contribution in [0.1, 0.15) is 25.5 Å². The molecule has 4 heteroatoms. The van der Waals surface area contributed by atoms with Crippen LogP contribution in [0.4, 0.5) is 10.1 Å². The minimum Gasteiger partial charge on any atom is -0.395 e. The Balaban J connectivity index is 2.96. The predicted octanol–water partition coefficient (Wildman–Crippen LogP) is 1.70. The molecule has 90 valence electrons. The molecule has 16 heavy (non-hydrogen) atoms. The third-order valence-electron chi connectivity index (χ3n) is 2.55. The summed E-state index contributed by atoms with van der Waals surface area (Å²) in [7, 11) is 0. The van der Waals surface area contributed by atoms with Crippen LogP contribution in [0.5, 0.6) is 0 Å². The maximum absolute atomic E-state index is 13.7. The number of hydrogen-bond acceptors (Lipinski definition) is 3. The van der Waals surface area contributed by atoms with Gasteiger partial charge in [-0.2, -0.15) is 0 Å². The molecule has 1 atom stereocenters. The van der Waals surface area contributed by atoms with Crippen molar-refractivity contribution < 1.29 is 14.6 Å². The van der Waals surface area contributed by atoms with Gasteiger partial charge in [-0.15, -0.1) is 0 Å². The fourth-order valence-corrected chi connectivity index (χ4v) is 1.61. The van der Waals surface area contributed by atoms with E-state index in [1.54, 1.807) is 24.0 Å². The molecule has 0 heterocycles. The van der Waals surface area contributed by atoms with Crippen LogP contribution in [0.2, 0.25) is 0 Å². The molecule has 0 amide bonds. The lowest BCUT2D eigenvalue weighted by atomic mass is 10.1. The van der Waals surface area contributed by atoms with Crippen LogP contribution in [0, 0.1) is 5.82 Å². The number of benzene rings is 1. The molecule has 0 bridgehead atoms. The van der Waals surface area contributed by atoms with Crippen molar-refractivity contribution >= 4 is 5.69 Å². The highest BCUT2D eigenvalue weighted by molar-refractivity contribution is 5.49. The second-order valence-electron chi connectivity index (χ2n) is 3.69. The fourth-order valence-electron chi connectivity index (χ4n) is 1.61. The van der Waals surface area contributed by atoms with Gasteiger partial charge in [-0.1, -0.05) is 6.07 Å². The zero-order chi connectivity index (χ0) is 12.1. The van der Waals surface area contributed by atoms with Crippen LogP contribution in [0.15, 0.2) is 18.2 Å². The van der Waals surface area contributed by atoms with E-state index in [-0.39, 0.29) is 12.4 Å². The van der Waals surface area contributed by atoms with Gasteiger partial charge in [-0.25, -0.2) is 4.39 Å². The molecule has 0 aliphatic carbocycles. The van der Waals surface area contributed by atoms with Gasteiger partial charge in [0.25, 0.3) is 0 Å². The van der Waals surface area contributed by atoms with Gasteiger partial charge < -0.3 is 15.1 Å². The summed E-state index contributed by atoms with van der Waals surface area (Å²) in [5.74, 6) is -0.367. The van der Waals surface area contributed by atoms with E-state index < -0.39 is 6.10 Å². The van der Waals surface area contributed by atoms with E-state index in [4.69, 9.17) is 5.11 Å². The SMILES string of the molecule is CCN(CCO)c1ccc([C@@H](C)O)cc1F. The van der Waals surface area contributed by atoms with Crippen molar-refractivity contribution in [3.05, 3.63) is 29.6 Å². The van der Waals surface area contributed by atoms with E-state index in [9.17, 15) is 9.50 Å². The Morgan fingerprint density at radius 1 is 1.44 bits per heavy atom. The zero-order valence-corrected chi connectivity index (χ0v) is 9.65. The van der Waals surface area contributed by atoms with E-state index in [1.165, 1.54) is 6.07 Å². The number of likely N-dealkylation sites (N-methyl/N-ethyl adjacent to an activating group) is 1. The van der Waals surface area contributed by atoms with Crippen molar-refractivity contribution in [2.24, 2.45) is 0 Å². The van der Waals surface area contributed by atoms with Crippen LogP contribution in [-0.2, 0) is 0 Å². The highest BCUT2D eigenvalue weighted by Gasteiger charge is 2.11. The molecular formula is C12H18FNO2. The molecule has 1 aromatic carbocycles. The first-order chi connectivity index (χ1) is 7.60. The summed E-state index contributed by atoms with van der Waals surface area (Å²) in [4.78, 5) is 1.75. The number of hydrogen-bond donors (Lipinski definition) is 2. The summed E-state index contributed by atoms with van der Waals surface area (Å²) in [6.45, 7) is 4.52. The van der Waals surface area contributed by atoms with E-state index in [0.717, 1.165) is 0 Å². The van der Waals surface area contributed by atoms with Crippen molar-refractivity contribution in [1.29, 1.82) is 0 Å². The molecule has 0 saturated carbocycles. The monoisotopic (exact) mass is 227 g/mol. The Labute approximate surface area is 95.1 Å². The van der Waals surface area contributed by atoms with Crippen LogP contribution < -0.4 is 4.90 Å². The molecule has 0 saturated heterocycles. The molecule has 0 spiro atoms. The van der Waals surface area contributed by atoms with Crippen molar-refractivity contribution in [2.75, 3.05) is 24.6 Å². The largest absolute Gasteiger partial charge is 0.395 e. The minimum absolute atomic E-state index is 0.00850. The van der Waals surface area contributed by atoms with Crippen LogP contribution in [-0.4, -0.2) is 29.9 Å². The Hall–Kier alpha value is -1.13. The molecule has 0 radical (unpaired) electrons. The second kappa shape index (κ2) is 5.82. The summed E-state index contributed by atoms with van der Waals surface area (Å²) in [5, 5.41) is 18.2. The summed E-state index contributed by atoms with van der Waals surface area (Å²) >= 11 is 0.